The fourth-order valence-corrected chi connectivity index (χ4v) is 4.77. The summed E-state index contributed by atoms with van der Waals surface area (Å²) < 4.78 is 3.07. The first-order valence-corrected chi connectivity index (χ1v) is 8.98. The van der Waals surface area contributed by atoms with Crippen molar-refractivity contribution in [1.82, 2.24) is 9.78 Å². The van der Waals surface area contributed by atoms with Crippen LogP contribution >= 0.6 is 22.9 Å². The highest BCUT2D eigenvalue weighted by Crippen LogP contribution is 2.52. The van der Waals surface area contributed by atoms with Gasteiger partial charge in [0.15, 0.2) is 0 Å². The van der Waals surface area contributed by atoms with Crippen molar-refractivity contribution in [2.45, 2.75) is 51.1 Å². The minimum atomic E-state index is 0.492. The Kier molecular flexibility index (Phi) is 3.46. The summed E-state index contributed by atoms with van der Waals surface area (Å²) >= 11 is 7.78. The largest absolute Gasteiger partial charge is 0.380 e. The van der Waals surface area contributed by atoms with Gasteiger partial charge in [0, 0.05) is 17.5 Å². The molecule has 0 aromatic carbocycles. The van der Waals surface area contributed by atoms with Crippen LogP contribution in [0, 0.1) is 5.92 Å². The lowest BCUT2D eigenvalue weighted by atomic mass is 10.1. The molecule has 1 aliphatic heterocycles. The van der Waals surface area contributed by atoms with Crippen molar-refractivity contribution >= 4 is 28.6 Å². The predicted molar refractivity (Wildman–Crippen MR) is 88.4 cm³/mol. The van der Waals surface area contributed by atoms with E-state index in [2.05, 4.69) is 28.1 Å². The average Bonchev–Trinajstić information content (AvgIpc) is 3.03. The molecule has 2 aromatic heterocycles. The van der Waals surface area contributed by atoms with E-state index in [0.717, 1.165) is 23.2 Å². The molecular weight excluding hydrogens is 302 g/mol. The van der Waals surface area contributed by atoms with Gasteiger partial charge in [0.1, 0.15) is 0 Å². The van der Waals surface area contributed by atoms with E-state index in [1.165, 1.54) is 35.5 Å². The summed E-state index contributed by atoms with van der Waals surface area (Å²) in [5.74, 6) is 1.41. The van der Waals surface area contributed by atoms with Crippen molar-refractivity contribution in [2.75, 3.05) is 5.32 Å². The number of nitrogens with zero attached hydrogens (tertiary/aromatic N) is 2. The van der Waals surface area contributed by atoms with Crippen molar-refractivity contribution in [3.05, 3.63) is 33.2 Å². The first kappa shape index (κ1) is 13.6. The van der Waals surface area contributed by atoms with Crippen molar-refractivity contribution in [1.29, 1.82) is 0 Å². The highest BCUT2D eigenvalue weighted by atomic mass is 35.5. The van der Waals surface area contributed by atoms with Crippen LogP contribution in [0.5, 0.6) is 0 Å². The van der Waals surface area contributed by atoms with E-state index in [1.54, 1.807) is 11.3 Å². The number of nitrogens with one attached hydrogen (secondary N) is 1. The monoisotopic (exact) mass is 321 g/mol. The van der Waals surface area contributed by atoms with E-state index in [4.69, 9.17) is 11.6 Å². The summed E-state index contributed by atoms with van der Waals surface area (Å²) in [7, 11) is 0. The van der Waals surface area contributed by atoms with E-state index < -0.39 is 0 Å². The normalized spacial score (nSPS) is 25.4. The molecule has 1 fully saturated rings. The van der Waals surface area contributed by atoms with Gasteiger partial charge >= 0.3 is 0 Å². The number of aryl methyl sites for hydroxylation is 1. The summed E-state index contributed by atoms with van der Waals surface area (Å²) in [5, 5.41) is 8.22. The predicted octanol–water partition coefficient (Wildman–Crippen LogP) is 4.54. The second-order valence-corrected chi connectivity index (χ2v) is 8.01. The summed E-state index contributed by atoms with van der Waals surface area (Å²) in [4.78, 5) is 1.44. The quantitative estimate of drug-likeness (QED) is 0.896. The second kappa shape index (κ2) is 5.33. The van der Waals surface area contributed by atoms with Gasteiger partial charge in [-0.25, -0.2) is 0 Å². The number of halogens is 1. The van der Waals surface area contributed by atoms with Gasteiger partial charge in [-0.05, 0) is 56.6 Å². The molecule has 3 heterocycles. The topological polar surface area (TPSA) is 29.9 Å². The smallest absolute Gasteiger partial charge is 0.0931 e. The molecule has 3 nitrogen and oxygen atoms in total. The van der Waals surface area contributed by atoms with E-state index in [0.29, 0.717) is 12.0 Å². The zero-order valence-electron chi connectivity index (χ0n) is 12.2. The average molecular weight is 322 g/mol. The molecule has 3 atom stereocenters. The molecule has 0 spiro atoms. The van der Waals surface area contributed by atoms with Crippen molar-refractivity contribution in [3.63, 3.8) is 0 Å². The minimum Gasteiger partial charge on any atom is -0.380 e. The Bertz CT molecular complexity index is 648. The van der Waals surface area contributed by atoms with E-state index >= 15 is 0 Å². The zero-order chi connectivity index (χ0) is 14.4. The highest BCUT2D eigenvalue weighted by Gasteiger charge is 2.43. The molecule has 0 radical (unpaired) electrons. The molecule has 2 aromatic rings. The number of aromatic nitrogens is 2. The van der Waals surface area contributed by atoms with Gasteiger partial charge in [0.2, 0.25) is 0 Å². The number of fused-ring (bicyclic) bond motifs is 1. The summed E-state index contributed by atoms with van der Waals surface area (Å²) in [5.41, 5.74) is 2.64. The molecule has 21 heavy (non-hydrogen) atoms. The van der Waals surface area contributed by atoms with E-state index in [-0.39, 0.29) is 0 Å². The Morgan fingerprint density at radius 2 is 2.33 bits per heavy atom. The first-order valence-electron chi connectivity index (χ1n) is 7.79. The number of thiophene rings is 1. The van der Waals surface area contributed by atoms with Crippen LogP contribution in [0.25, 0.3) is 0 Å². The third kappa shape index (κ3) is 2.59. The molecule has 1 aliphatic carbocycles. The molecule has 0 bridgehead atoms. The van der Waals surface area contributed by atoms with Gasteiger partial charge in [-0.2, -0.15) is 5.10 Å². The molecule has 4 rings (SSSR count). The lowest BCUT2D eigenvalue weighted by Crippen LogP contribution is -2.20. The molecule has 0 amide bonds. The van der Waals surface area contributed by atoms with Crippen LogP contribution < -0.4 is 5.32 Å². The van der Waals surface area contributed by atoms with Crippen LogP contribution in [-0.2, 0) is 13.0 Å². The molecule has 1 unspecified atom stereocenters. The maximum atomic E-state index is 6.05. The standard InChI is InChI=1S/C16H20ClN3S/c1-10(11-8-12(11)15-5-6-16(17)21-15)19-13-9-18-20-7-3-2-4-14(13)20/h5-6,9-12,19H,2-4,7-8H2,1H3/t10?,11-,12+/m0/s1. The number of anilines is 1. The van der Waals surface area contributed by atoms with Gasteiger partial charge in [0.05, 0.1) is 21.9 Å². The van der Waals surface area contributed by atoms with Crippen LogP contribution in [-0.4, -0.2) is 15.8 Å². The van der Waals surface area contributed by atoms with Crippen molar-refractivity contribution < 1.29 is 0 Å². The van der Waals surface area contributed by atoms with Crippen LogP contribution in [0.3, 0.4) is 0 Å². The van der Waals surface area contributed by atoms with Crippen LogP contribution in [0.15, 0.2) is 18.3 Å². The maximum Gasteiger partial charge on any atom is 0.0931 e. The number of rotatable bonds is 4. The zero-order valence-corrected chi connectivity index (χ0v) is 13.8. The molecule has 1 N–H and O–H groups in total. The van der Waals surface area contributed by atoms with E-state index in [9.17, 15) is 0 Å². The molecule has 1 saturated carbocycles. The maximum absolute atomic E-state index is 6.05. The number of hydrogen-bond donors (Lipinski definition) is 1. The fourth-order valence-electron chi connectivity index (χ4n) is 3.52. The van der Waals surface area contributed by atoms with Gasteiger partial charge in [-0.3, -0.25) is 4.68 Å². The second-order valence-electron chi connectivity index (χ2n) is 6.27. The highest BCUT2D eigenvalue weighted by molar-refractivity contribution is 7.16. The Balaban J connectivity index is 1.43. The molecule has 0 saturated heterocycles. The molecule has 2 aliphatic rings. The molecule has 5 heteroatoms. The Labute approximate surface area is 134 Å². The third-order valence-corrected chi connectivity index (χ3v) is 6.17. The first-order chi connectivity index (χ1) is 10.2. The minimum absolute atomic E-state index is 0.492. The Hall–Kier alpha value is -1.000. The lowest BCUT2D eigenvalue weighted by molar-refractivity contribution is 0.486. The van der Waals surface area contributed by atoms with Gasteiger partial charge < -0.3 is 5.32 Å². The van der Waals surface area contributed by atoms with E-state index in [1.807, 2.05) is 12.3 Å². The lowest BCUT2D eigenvalue weighted by Gasteiger charge is -2.18. The fraction of sp³-hybridized carbons (Fsp3) is 0.562. The van der Waals surface area contributed by atoms with Crippen LogP contribution in [0.2, 0.25) is 4.34 Å². The van der Waals surface area contributed by atoms with Gasteiger partial charge in [-0.15, -0.1) is 11.3 Å². The van der Waals surface area contributed by atoms with Crippen molar-refractivity contribution in [3.8, 4) is 0 Å². The Morgan fingerprint density at radius 3 is 3.14 bits per heavy atom. The molecule has 112 valence electrons. The summed E-state index contributed by atoms with van der Waals surface area (Å²) in [6.45, 7) is 3.37. The van der Waals surface area contributed by atoms with Crippen LogP contribution in [0.4, 0.5) is 5.69 Å². The SMILES string of the molecule is CC(Nc1cnn2c1CCCC2)[C@@H]1C[C@H]1c1ccc(Cl)s1. The summed E-state index contributed by atoms with van der Waals surface area (Å²) in [6, 6.07) is 4.70. The third-order valence-electron chi connectivity index (χ3n) is 4.81. The summed E-state index contributed by atoms with van der Waals surface area (Å²) in [6.07, 6.45) is 6.98. The van der Waals surface area contributed by atoms with Crippen molar-refractivity contribution in [2.24, 2.45) is 5.92 Å². The van der Waals surface area contributed by atoms with Gasteiger partial charge in [-0.1, -0.05) is 11.6 Å². The van der Waals surface area contributed by atoms with Gasteiger partial charge in [0.25, 0.3) is 0 Å². The van der Waals surface area contributed by atoms with Crippen LogP contribution in [0.1, 0.15) is 42.7 Å². The number of hydrogen-bond acceptors (Lipinski definition) is 3. The Morgan fingerprint density at radius 1 is 1.43 bits per heavy atom. The molecular formula is C16H20ClN3S.